The van der Waals surface area contributed by atoms with E-state index in [0.717, 1.165) is 6.42 Å². The van der Waals surface area contributed by atoms with Crippen LogP contribution in [0.5, 0.6) is 0 Å². The zero-order chi connectivity index (χ0) is 25.1. The minimum atomic E-state index is -0.105. The summed E-state index contributed by atoms with van der Waals surface area (Å²) in [5.74, 6) is 0. The van der Waals surface area contributed by atoms with E-state index in [-0.39, 0.29) is 10.8 Å². The molecule has 0 bridgehead atoms. The molecule has 0 N–H and O–H groups in total. The average Bonchev–Trinajstić information content (AvgIpc) is 3.27. The molecule has 4 aromatic carbocycles. The smallest absolute Gasteiger partial charge is 0.0464 e. The van der Waals surface area contributed by atoms with E-state index >= 15 is 0 Å². The highest BCUT2D eigenvalue weighted by molar-refractivity contribution is 14.1. The largest absolute Gasteiger partial charge is 0.0654 e. The number of hydrogen-bond donors (Lipinski definition) is 0. The summed E-state index contributed by atoms with van der Waals surface area (Å²) in [6.07, 6.45) is 6.26. The van der Waals surface area contributed by atoms with Crippen molar-refractivity contribution < 1.29 is 0 Å². The maximum absolute atomic E-state index is 2.59. The van der Waals surface area contributed by atoms with E-state index < -0.39 is 0 Å². The third kappa shape index (κ3) is 3.65. The third-order valence-corrected chi connectivity index (χ3v) is 9.98. The summed E-state index contributed by atoms with van der Waals surface area (Å²) in [5.41, 5.74) is 13.0. The van der Waals surface area contributed by atoms with Gasteiger partial charge in [-0.25, -0.2) is 0 Å². The van der Waals surface area contributed by atoms with Crippen molar-refractivity contribution in [2.24, 2.45) is 0 Å². The van der Waals surface area contributed by atoms with E-state index in [9.17, 15) is 0 Å². The summed E-state index contributed by atoms with van der Waals surface area (Å²) >= 11 is 4.96. The molecule has 0 spiro atoms. The molecule has 182 valence electrons. The van der Waals surface area contributed by atoms with Crippen molar-refractivity contribution in [2.75, 3.05) is 0 Å². The fourth-order valence-corrected chi connectivity index (χ4v) is 7.83. The molecular weight excluding hydrogens is 662 g/mol. The van der Waals surface area contributed by atoms with Gasteiger partial charge in [0.1, 0.15) is 0 Å². The molecule has 36 heavy (non-hydrogen) atoms. The van der Waals surface area contributed by atoms with Gasteiger partial charge >= 0.3 is 0 Å². The fraction of sp³-hybridized carbons (Fsp3) is 0.294. The molecule has 2 heteroatoms. The molecule has 1 atom stereocenters. The molecule has 2 aliphatic carbocycles. The highest BCUT2D eigenvalue weighted by Gasteiger charge is 2.46. The minimum Gasteiger partial charge on any atom is -0.0654 e. The predicted molar refractivity (Wildman–Crippen MR) is 170 cm³/mol. The van der Waals surface area contributed by atoms with Gasteiger partial charge < -0.3 is 0 Å². The van der Waals surface area contributed by atoms with Crippen LogP contribution in [0, 0.1) is 7.14 Å². The Morgan fingerprint density at radius 1 is 0.583 bits per heavy atom. The Morgan fingerprint density at radius 2 is 1.14 bits per heavy atom. The quantitative estimate of drug-likeness (QED) is 0.139. The van der Waals surface area contributed by atoms with Crippen LogP contribution >= 0.6 is 45.2 Å². The first-order valence-electron chi connectivity index (χ1n) is 13.2. The molecule has 0 aromatic heterocycles. The second-order valence-corrected chi connectivity index (χ2v) is 13.5. The summed E-state index contributed by atoms with van der Waals surface area (Å²) < 4.78 is 2.63. The molecule has 4 aromatic rings. The lowest BCUT2D eigenvalue weighted by atomic mass is 9.68. The van der Waals surface area contributed by atoms with Gasteiger partial charge in [-0.05, 0) is 138 Å². The molecule has 0 radical (unpaired) electrons. The molecule has 2 aliphatic rings. The van der Waals surface area contributed by atoms with Crippen molar-refractivity contribution in [3.8, 4) is 22.3 Å². The Bertz CT molecular complexity index is 1460. The van der Waals surface area contributed by atoms with Crippen LogP contribution in [-0.2, 0) is 10.8 Å². The van der Waals surface area contributed by atoms with Crippen molar-refractivity contribution in [3.05, 3.63) is 114 Å². The zero-order valence-corrected chi connectivity index (χ0v) is 25.6. The Labute approximate surface area is 243 Å². The summed E-state index contributed by atoms with van der Waals surface area (Å²) in [5, 5.41) is 0. The van der Waals surface area contributed by atoms with E-state index in [1.807, 2.05) is 0 Å². The number of rotatable bonds is 6. The minimum absolute atomic E-state index is 0.00334. The first kappa shape index (κ1) is 24.7. The first-order chi connectivity index (χ1) is 17.4. The van der Waals surface area contributed by atoms with Crippen LogP contribution < -0.4 is 0 Å². The van der Waals surface area contributed by atoms with E-state index in [0.29, 0.717) is 0 Å². The first-order valence-corrected chi connectivity index (χ1v) is 15.4. The molecule has 0 heterocycles. The lowest BCUT2D eigenvalue weighted by Gasteiger charge is -2.34. The molecule has 0 fully saturated rings. The summed E-state index contributed by atoms with van der Waals surface area (Å²) in [7, 11) is 0. The van der Waals surface area contributed by atoms with Crippen molar-refractivity contribution in [1.82, 2.24) is 0 Å². The van der Waals surface area contributed by atoms with Crippen LogP contribution in [0.25, 0.3) is 22.3 Å². The molecule has 0 aliphatic heterocycles. The SMILES string of the molecule is CCCCCCC1(c2ccccc2)c2cc(I)ccc2-c2cc3c(cc21)-c1ccc(I)cc1C3(C)C. The van der Waals surface area contributed by atoms with Crippen LogP contribution in [-0.4, -0.2) is 0 Å². The number of benzene rings is 4. The molecule has 0 saturated carbocycles. The lowest BCUT2D eigenvalue weighted by Crippen LogP contribution is -2.27. The van der Waals surface area contributed by atoms with E-state index in [4.69, 9.17) is 0 Å². The Hall–Kier alpha value is -1.66. The molecule has 0 amide bonds. The summed E-state index contributed by atoms with van der Waals surface area (Å²) in [6, 6.07) is 30.6. The van der Waals surface area contributed by atoms with Crippen LogP contribution in [0.4, 0.5) is 0 Å². The topological polar surface area (TPSA) is 0 Å². The van der Waals surface area contributed by atoms with Gasteiger partial charge in [-0.1, -0.05) is 88.9 Å². The standard InChI is InChI=1S/C34H32I2/c1-4-5-6-10-17-34(22-11-8-7-9-12-22)31-19-24(36)14-16-26(31)28-20-30-27(21-32(28)34)25-15-13-23(35)18-29(25)33(30,2)3/h7-9,11-16,18-21H,4-6,10,17H2,1-3H3. The molecule has 0 nitrogen and oxygen atoms in total. The van der Waals surface area contributed by atoms with Crippen LogP contribution in [0.3, 0.4) is 0 Å². The maximum Gasteiger partial charge on any atom is 0.0464 e. The number of hydrogen-bond acceptors (Lipinski definition) is 0. The van der Waals surface area contributed by atoms with Gasteiger partial charge in [-0.3, -0.25) is 0 Å². The van der Waals surface area contributed by atoms with E-state index in [1.54, 1.807) is 0 Å². The zero-order valence-electron chi connectivity index (χ0n) is 21.3. The van der Waals surface area contributed by atoms with Crippen LogP contribution in [0.1, 0.15) is 80.7 Å². The molecule has 0 saturated heterocycles. The normalized spacial score (nSPS) is 18.5. The highest BCUT2D eigenvalue weighted by Crippen LogP contribution is 2.59. The molecule has 1 unspecified atom stereocenters. The fourth-order valence-electron chi connectivity index (χ4n) is 6.84. The maximum atomic E-state index is 2.59. The van der Waals surface area contributed by atoms with Gasteiger partial charge in [-0.15, -0.1) is 0 Å². The second-order valence-electron chi connectivity index (χ2n) is 11.0. The average molecular weight is 694 g/mol. The summed E-state index contributed by atoms with van der Waals surface area (Å²) in [4.78, 5) is 0. The van der Waals surface area contributed by atoms with Gasteiger partial charge in [0.2, 0.25) is 0 Å². The second kappa shape index (κ2) is 9.27. The van der Waals surface area contributed by atoms with Gasteiger partial charge in [0.15, 0.2) is 0 Å². The Kier molecular flexibility index (Phi) is 6.35. The molecule has 6 rings (SSSR count). The predicted octanol–water partition coefficient (Wildman–Crippen LogP) is 10.5. The Balaban J connectivity index is 1.65. The van der Waals surface area contributed by atoms with Gasteiger partial charge in [-0.2, -0.15) is 0 Å². The van der Waals surface area contributed by atoms with Gasteiger partial charge in [0.05, 0.1) is 0 Å². The number of halogens is 2. The summed E-state index contributed by atoms with van der Waals surface area (Å²) in [6.45, 7) is 7.11. The third-order valence-electron chi connectivity index (χ3n) is 8.64. The van der Waals surface area contributed by atoms with Gasteiger partial charge in [0.25, 0.3) is 0 Å². The van der Waals surface area contributed by atoms with Crippen LogP contribution in [0.15, 0.2) is 78.9 Å². The Morgan fingerprint density at radius 3 is 1.83 bits per heavy atom. The lowest BCUT2D eigenvalue weighted by molar-refractivity contribution is 0.515. The van der Waals surface area contributed by atoms with Crippen LogP contribution in [0.2, 0.25) is 0 Å². The highest BCUT2D eigenvalue weighted by atomic mass is 127. The van der Waals surface area contributed by atoms with Crippen molar-refractivity contribution in [2.45, 2.75) is 63.7 Å². The number of unbranched alkanes of at least 4 members (excludes halogenated alkanes) is 3. The van der Waals surface area contributed by atoms with Crippen molar-refractivity contribution in [3.63, 3.8) is 0 Å². The molecular formula is C34H32I2. The van der Waals surface area contributed by atoms with Gasteiger partial charge in [0, 0.05) is 18.0 Å². The number of fused-ring (bicyclic) bond motifs is 6. The van der Waals surface area contributed by atoms with Crippen molar-refractivity contribution in [1.29, 1.82) is 0 Å². The van der Waals surface area contributed by atoms with E-state index in [1.165, 1.54) is 82.9 Å². The van der Waals surface area contributed by atoms with Crippen molar-refractivity contribution >= 4 is 45.2 Å². The van der Waals surface area contributed by atoms with E-state index in [2.05, 4.69) is 145 Å². The monoisotopic (exact) mass is 694 g/mol.